The third kappa shape index (κ3) is 3.28. The van der Waals surface area contributed by atoms with E-state index in [0.29, 0.717) is 32.5 Å². The normalized spacial score (nSPS) is 24.9. The largest absolute Gasteiger partial charge is 0.433 e. The van der Waals surface area contributed by atoms with E-state index in [-0.39, 0.29) is 17.7 Å². The van der Waals surface area contributed by atoms with Gasteiger partial charge in [-0.1, -0.05) is 0 Å². The maximum Gasteiger partial charge on any atom is 0.433 e. The van der Waals surface area contributed by atoms with Crippen LogP contribution in [0.5, 0.6) is 0 Å². The lowest BCUT2D eigenvalue weighted by atomic mass is 9.82. The summed E-state index contributed by atoms with van der Waals surface area (Å²) >= 11 is 0. The van der Waals surface area contributed by atoms with Gasteiger partial charge >= 0.3 is 6.18 Å². The monoisotopic (exact) mass is 331 g/mol. The predicted molar refractivity (Wildman–Crippen MR) is 77.2 cm³/mol. The molecule has 0 N–H and O–H groups in total. The predicted octanol–water partition coefficient (Wildman–Crippen LogP) is 2.66. The van der Waals surface area contributed by atoms with Crippen molar-refractivity contribution in [3.63, 3.8) is 0 Å². The van der Waals surface area contributed by atoms with Crippen molar-refractivity contribution >= 4 is 5.95 Å². The van der Waals surface area contributed by atoms with Crippen molar-refractivity contribution in [2.45, 2.75) is 43.6 Å². The van der Waals surface area contributed by atoms with Crippen molar-refractivity contribution in [2.24, 2.45) is 0 Å². The van der Waals surface area contributed by atoms with Crippen LogP contribution in [0.15, 0.2) is 12.3 Å². The average Bonchev–Trinajstić information content (AvgIpc) is 2.55. The van der Waals surface area contributed by atoms with Crippen LogP contribution in [0.25, 0.3) is 0 Å². The molecule has 0 aliphatic carbocycles. The number of anilines is 1. The van der Waals surface area contributed by atoms with Crippen LogP contribution >= 0.6 is 0 Å². The molecule has 23 heavy (non-hydrogen) atoms. The van der Waals surface area contributed by atoms with E-state index in [4.69, 9.17) is 9.47 Å². The minimum absolute atomic E-state index is 0.0424. The highest BCUT2D eigenvalue weighted by molar-refractivity contribution is 5.32. The van der Waals surface area contributed by atoms with Gasteiger partial charge in [0, 0.05) is 33.0 Å². The van der Waals surface area contributed by atoms with Crippen molar-refractivity contribution in [3.8, 4) is 0 Å². The Hall–Kier alpha value is -1.41. The summed E-state index contributed by atoms with van der Waals surface area (Å²) in [6.07, 6.45) is 0.0706. The second-order valence-corrected chi connectivity index (χ2v) is 6.01. The molecular formula is C15H20F3N3O2. The molecule has 0 aromatic carbocycles. The summed E-state index contributed by atoms with van der Waals surface area (Å²) in [5, 5.41) is 0. The molecular weight excluding hydrogens is 311 g/mol. The fourth-order valence-corrected chi connectivity index (χ4v) is 3.44. The molecule has 8 heteroatoms. The van der Waals surface area contributed by atoms with Crippen molar-refractivity contribution in [2.75, 3.05) is 31.7 Å². The van der Waals surface area contributed by atoms with Crippen LogP contribution in [0, 0.1) is 0 Å². The smallest absolute Gasteiger partial charge is 0.378 e. The molecule has 1 aromatic heterocycles. The minimum atomic E-state index is -4.46. The molecule has 2 aliphatic rings. The fraction of sp³-hybridized carbons (Fsp3) is 0.733. The maximum atomic E-state index is 12.8. The van der Waals surface area contributed by atoms with Crippen molar-refractivity contribution in [3.05, 3.63) is 18.0 Å². The lowest BCUT2D eigenvalue weighted by Gasteiger charge is -2.48. The Labute approximate surface area is 132 Å². The van der Waals surface area contributed by atoms with Gasteiger partial charge in [-0.3, -0.25) is 0 Å². The zero-order valence-electron chi connectivity index (χ0n) is 13.0. The molecule has 3 rings (SSSR count). The van der Waals surface area contributed by atoms with E-state index >= 15 is 0 Å². The van der Waals surface area contributed by atoms with E-state index in [2.05, 4.69) is 9.97 Å². The maximum absolute atomic E-state index is 12.8. The van der Waals surface area contributed by atoms with E-state index in [0.717, 1.165) is 25.1 Å². The zero-order valence-corrected chi connectivity index (χ0v) is 13.0. The van der Waals surface area contributed by atoms with E-state index < -0.39 is 11.9 Å². The number of piperidine rings is 1. The van der Waals surface area contributed by atoms with Crippen molar-refractivity contribution in [1.82, 2.24) is 9.97 Å². The number of hydrogen-bond donors (Lipinski definition) is 0. The second-order valence-electron chi connectivity index (χ2n) is 6.01. The molecule has 0 saturated carbocycles. The molecule has 0 unspecified atom stereocenters. The van der Waals surface area contributed by atoms with Gasteiger partial charge in [0.05, 0.1) is 11.7 Å². The molecule has 1 atom stereocenters. The highest BCUT2D eigenvalue weighted by Gasteiger charge is 2.45. The van der Waals surface area contributed by atoms with Gasteiger partial charge in [0.2, 0.25) is 5.95 Å². The number of alkyl halides is 3. The number of halogens is 3. The SMILES string of the molecule is CO[C@H]1CCCOC12CCN(c1nccc(C(F)(F)F)n1)CC2. The van der Waals surface area contributed by atoms with Crippen LogP contribution in [0.1, 0.15) is 31.4 Å². The fourth-order valence-electron chi connectivity index (χ4n) is 3.44. The molecule has 0 bridgehead atoms. The van der Waals surface area contributed by atoms with Gasteiger partial charge in [0.1, 0.15) is 5.69 Å². The molecule has 3 heterocycles. The Morgan fingerprint density at radius 1 is 1.35 bits per heavy atom. The first-order valence-electron chi connectivity index (χ1n) is 7.76. The summed E-state index contributed by atoms with van der Waals surface area (Å²) in [5.74, 6) is 0.124. The summed E-state index contributed by atoms with van der Waals surface area (Å²) in [5.41, 5.74) is -1.24. The van der Waals surface area contributed by atoms with E-state index in [9.17, 15) is 13.2 Å². The second kappa shape index (κ2) is 6.24. The molecule has 2 saturated heterocycles. The number of hydrogen-bond acceptors (Lipinski definition) is 5. The van der Waals surface area contributed by atoms with Crippen LogP contribution in [-0.4, -0.2) is 48.5 Å². The average molecular weight is 331 g/mol. The lowest BCUT2D eigenvalue weighted by Crippen LogP contribution is -2.56. The molecule has 0 radical (unpaired) electrons. The number of rotatable bonds is 2. The Morgan fingerprint density at radius 3 is 2.74 bits per heavy atom. The molecule has 1 spiro atoms. The highest BCUT2D eigenvalue weighted by Crippen LogP contribution is 2.37. The number of nitrogens with zero attached hydrogens (tertiary/aromatic N) is 3. The summed E-state index contributed by atoms with van der Waals surface area (Å²) in [6, 6.07) is 0.889. The molecule has 2 fully saturated rings. The molecule has 5 nitrogen and oxygen atoms in total. The summed E-state index contributed by atoms with van der Waals surface area (Å²) in [6.45, 7) is 1.82. The first-order chi connectivity index (χ1) is 10.9. The van der Waals surface area contributed by atoms with Crippen molar-refractivity contribution in [1.29, 1.82) is 0 Å². The van der Waals surface area contributed by atoms with Crippen LogP contribution in [0.2, 0.25) is 0 Å². The van der Waals surface area contributed by atoms with Crippen LogP contribution in [-0.2, 0) is 15.7 Å². The van der Waals surface area contributed by atoms with Gasteiger partial charge in [-0.25, -0.2) is 9.97 Å². The third-order valence-corrected chi connectivity index (χ3v) is 4.70. The molecule has 1 aromatic rings. The third-order valence-electron chi connectivity index (χ3n) is 4.70. The van der Waals surface area contributed by atoms with E-state index in [1.54, 1.807) is 12.0 Å². The number of methoxy groups -OCH3 is 1. The molecule has 128 valence electrons. The topological polar surface area (TPSA) is 47.5 Å². The standard InChI is InChI=1S/C15H20F3N3O2/c1-22-12-3-2-10-23-14(12)5-8-21(9-6-14)13-19-7-4-11(20-13)15(16,17)18/h4,7,12H,2-3,5-6,8-10H2,1H3/t12-/m0/s1. The Kier molecular flexibility index (Phi) is 4.46. The summed E-state index contributed by atoms with van der Waals surface area (Å²) in [7, 11) is 1.68. The highest BCUT2D eigenvalue weighted by atomic mass is 19.4. The van der Waals surface area contributed by atoms with Gasteiger partial charge in [-0.05, 0) is 31.7 Å². The van der Waals surface area contributed by atoms with E-state index in [1.165, 1.54) is 0 Å². The number of ether oxygens (including phenoxy) is 2. The molecule has 2 aliphatic heterocycles. The first-order valence-corrected chi connectivity index (χ1v) is 7.76. The van der Waals surface area contributed by atoms with E-state index in [1.807, 2.05) is 0 Å². The Balaban J connectivity index is 1.72. The summed E-state index contributed by atoms with van der Waals surface area (Å²) < 4.78 is 49.9. The lowest BCUT2D eigenvalue weighted by molar-refractivity contribution is -0.175. The minimum Gasteiger partial charge on any atom is -0.378 e. The first kappa shape index (κ1) is 16.4. The zero-order chi connectivity index (χ0) is 16.5. The van der Waals surface area contributed by atoms with Gasteiger partial charge in [-0.15, -0.1) is 0 Å². The number of aromatic nitrogens is 2. The summed E-state index contributed by atoms with van der Waals surface area (Å²) in [4.78, 5) is 9.43. The van der Waals surface area contributed by atoms with Gasteiger partial charge in [0.15, 0.2) is 0 Å². The Morgan fingerprint density at radius 2 is 2.09 bits per heavy atom. The van der Waals surface area contributed by atoms with Gasteiger partial charge in [-0.2, -0.15) is 13.2 Å². The van der Waals surface area contributed by atoms with Crippen LogP contribution < -0.4 is 4.90 Å². The van der Waals surface area contributed by atoms with Crippen LogP contribution in [0.4, 0.5) is 19.1 Å². The van der Waals surface area contributed by atoms with Gasteiger partial charge < -0.3 is 14.4 Å². The van der Waals surface area contributed by atoms with Gasteiger partial charge in [0.25, 0.3) is 0 Å². The van der Waals surface area contributed by atoms with Crippen molar-refractivity contribution < 1.29 is 22.6 Å². The Bertz CT molecular complexity index is 545. The van der Waals surface area contributed by atoms with Crippen LogP contribution in [0.3, 0.4) is 0 Å². The quantitative estimate of drug-likeness (QED) is 0.834. The molecule has 0 amide bonds.